The van der Waals surface area contributed by atoms with E-state index in [0.717, 1.165) is 29.4 Å². The van der Waals surface area contributed by atoms with E-state index in [4.69, 9.17) is 0 Å². The summed E-state index contributed by atoms with van der Waals surface area (Å²) in [4.78, 5) is 17.5. The van der Waals surface area contributed by atoms with Crippen LogP contribution in [-0.4, -0.2) is 37.0 Å². The third-order valence-corrected chi connectivity index (χ3v) is 5.12. The van der Waals surface area contributed by atoms with E-state index in [1.807, 2.05) is 18.2 Å². The number of hydrogen-bond donors (Lipinski definition) is 0. The van der Waals surface area contributed by atoms with Crippen LogP contribution in [0.3, 0.4) is 0 Å². The van der Waals surface area contributed by atoms with Gasteiger partial charge in [-0.25, -0.2) is 0 Å². The number of fused-ring (bicyclic) bond motifs is 2. The maximum absolute atomic E-state index is 11.2. The van der Waals surface area contributed by atoms with Crippen molar-refractivity contribution in [2.75, 3.05) is 32.1 Å². The van der Waals surface area contributed by atoms with Crippen LogP contribution in [0.4, 0.5) is 17.1 Å². The van der Waals surface area contributed by atoms with Crippen LogP contribution in [0.25, 0.3) is 0 Å². The summed E-state index contributed by atoms with van der Waals surface area (Å²) < 4.78 is 0. The lowest BCUT2D eigenvalue weighted by Crippen LogP contribution is -2.31. The molecule has 0 saturated heterocycles. The summed E-state index contributed by atoms with van der Waals surface area (Å²) in [6, 6.07) is 13.4. The fourth-order valence-electron chi connectivity index (χ4n) is 3.12. The Bertz CT molecular complexity index is 764. The van der Waals surface area contributed by atoms with Crippen molar-refractivity contribution in [1.29, 1.82) is 0 Å². The second kappa shape index (κ2) is 6.83. The van der Waals surface area contributed by atoms with Crippen molar-refractivity contribution in [3.05, 3.63) is 52.6 Å². The van der Waals surface area contributed by atoms with E-state index < -0.39 is 0 Å². The third kappa shape index (κ3) is 3.39. The zero-order valence-corrected chi connectivity index (χ0v) is 14.9. The second-order valence-corrected chi connectivity index (χ2v) is 7.54. The number of hydrogen-bond acceptors (Lipinski definition) is 5. The summed E-state index contributed by atoms with van der Waals surface area (Å²) >= 11 is 1.67. The molecule has 0 saturated carbocycles. The minimum absolute atomic E-state index is 0.138. The highest BCUT2D eigenvalue weighted by molar-refractivity contribution is 7.99. The zero-order chi connectivity index (χ0) is 17.3. The quantitative estimate of drug-likeness (QED) is 0.595. The van der Waals surface area contributed by atoms with Gasteiger partial charge in [0.15, 0.2) is 0 Å². The van der Waals surface area contributed by atoms with Gasteiger partial charge in [-0.15, -0.1) is 0 Å². The number of benzene rings is 2. The average molecular weight is 343 g/mol. The van der Waals surface area contributed by atoms with Crippen molar-refractivity contribution in [3.63, 3.8) is 0 Å². The van der Waals surface area contributed by atoms with Crippen molar-refractivity contribution < 1.29 is 4.92 Å². The summed E-state index contributed by atoms with van der Waals surface area (Å²) in [5.41, 5.74) is 2.19. The van der Waals surface area contributed by atoms with Gasteiger partial charge >= 0.3 is 0 Å². The van der Waals surface area contributed by atoms with Gasteiger partial charge < -0.3 is 9.80 Å². The summed E-state index contributed by atoms with van der Waals surface area (Å²) in [7, 11) is 4.13. The molecule has 0 amide bonds. The fourth-order valence-corrected chi connectivity index (χ4v) is 4.20. The van der Waals surface area contributed by atoms with Crippen LogP contribution in [0.2, 0.25) is 0 Å². The highest BCUT2D eigenvalue weighted by Gasteiger charge is 2.26. The van der Waals surface area contributed by atoms with Gasteiger partial charge in [0.2, 0.25) is 0 Å². The molecule has 3 rings (SSSR count). The van der Waals surface area contributed by atoms with E-state index in [1.165, 1.54) is 4.90 Å². The molecule has 5 nitrogen and oxygen atoms in total. The van der Waals surface area contributed by atoms with Crippen LogP contribution in [0.1, 0.15) is 6.92 Å². The Labute approximate surface area is 146 Å². The number of non-ortho nitro benzene ring substituents is 1. The molecule has 1 aliphatic heterocycles. The van der Waals surface area contributed by atoms with Crippen molar-refractivity contribution in [3.8, 4) is 0 Å². The number of rotatable bonds is 5. The molecule has 0 bridgehead atoms. The molecule has 1 unspecified atom stereocenters. The van der Waals surface area contributed by atoms with Gasteiger partial charge in [-0.05, 0) is 38.2 Å². The molecule has 0 fully saturated rings. The molecular weight excluding hydrogens is 322 g/mol. The molecule has 1 atom stereocenters. The Hall–Kier alpha value is -2.05. The average Bonchev–Trinajstić information content (AvgIpc) is 2.53. The molecule has 126 valence electrons. The Kier molecular flexibility index (Phi) is 4.78. The van der Waals surface area contributed by atoms with E-state index >= 15 is 0 Å². The molecule has 2 aromatic rings. The van der Waals surface area contributed by atoms with Crippen molar-refractivity contribution in [1.82, 2.24) is 4.90 Å². The number of anilines is 2. The smallest absolute Gasteiger partial charge is 0.271 e. The molecule has 2 aromatic carbocycles. The number of nitro benzene ring substituents is 1. The highest BCUT2D eigenvalue weighted by atomic mass is 32.2. The number of para-hydroxylation sites is 1. The van der Waals surface area contributed by atoms with Crippen molar-refractivity contribution in [2.45, 2.75) is 16.7 Å². The summed E-state index contributed by atoms with van der Waals surface area (Å²) in [6.45, 7) is 4.00. The van der Waals surface area contributed by atoms with Gasteiger partial charge in [-0.2, -0.15) is 0 Å². The normalized spacial score (nSPS) is 14.2. The SMILES string of the molecule is CC(CN(C)C)CN1c2ccccc2Sc2ccc([N+](=O)[O-])cc21. The number of nitrogens with zero attached hydrogens (tertiary/aromatic N) is 3. The van der Waals surface area contributed by atoms with Crippen LogP contribution in [0, 0.1) is 16.0 Å². The first-order chi connectivity index (χ1) is 11.5. The molecule has 0 spiro atoms. The molecular formula is C18H21N3O2S. The van der Waals surface area contributed by atoms with E-state index in [0.29, 0.717) is 5.92 Å². The molecule has 0 aromatic heterocycles. The summed E-state index contributed by atoms with van der Waals surface area (Å²) in [5, 5.41) is 11.2. The Balaban J connectivity index is 2.02. The second-order valence-electron chi connectivity index (χ2n) is 6.46. The molecule has 24 heavy (non-hydrogen) atoms. The number of nitro groups is 1. The van der Waals surface area contributed by atoms with Gasteiger partial charge in [0.1, 0.15) is 0 Å². The summed E-state index contributed by atoms with van der Waals surface area (Å²) in [5.74, 6) is 0.434. The predicted octanol–water partition coefficient (Wildman–Crippen LogP) is 4.40. The lowest BCUT2D eigenvalue weighted by Gasteiger charge is -2.35. The summed E-state index contributed by atoms with van der Waals surface area (Å²) in [6.07, 6.45) is 0. The first-order valence-corrected chi connectivity index (χ1v) is 8.75. The van der Waals surface area contributed by atoms with Crippen molar-refractivity contribution in [2.24, 2.45) is 5.92 Å². The van der Waals surface area contributed by atoms with Gasteiger partial charge in [0, 0.05) is 35.0 Å². The monoisotopic (exact) mass is 343 g/mol. The van der Waals surface area contributed by atoms with Crippen LogP contribution in [-0.2, 0) is 0 Å². The molecule has 1 heterocycles. The molecule has 6 heteroatoms. The topological polar surface area (TPSA) is 49.6 Å². The largest absolute Gasteiger partial charge is 0.339 e. The predicted molar refractivity (Wildman–Crippen MR) is 98.4 cm³/mol. The Morgan fingerprint density at radius 2 is 1.88 bits per heavy atom. The maximum atomic E-state index is 11.2. The minimum Gasteiger partial charge on any atom is -0.339 e. The Morgan fingerprint density at radius 1 is 1.17 bits per heavy atom. The molecule has 0 radical (unpaired) electrons. The highest BCUT2D eigenvalue weighted by Crippen LogP contribution is 2.49. The lowest BCUT2D eigenvalue weighted by atomic mass is 10.1. The maximum Gasteiger partial charge on any atom is 0.271 e. The minimum atomic E-state index is -0.327. The first kappa shape index (κ1) is 16.8. The first-order valence-electron chi connectivity index (χ1n) is 7.93. The van der Waals surface area contributed by atoms with Crippen LogP contribution in [0.15, 0.2) is 52.3 Å². The Morgan fingerprint density at radius 3 is 2.58 bits per heavy atom. The van der Waals surface area contributed by atoms with Gasteiger partial charge in [0.05, 0.1) is 16.3 Å². The third-order valence-electron chi connectivity index (χ3n) is 3.99. The van der Waals surface area contributed by atoms with E-state index in [9.17, 15) is 10.1 Å². The zero-order valence-electron chi connectivity index (χ0n) is 14.1. The molecule has 0 N–H and O–H groups in total. The van der Waals surface area contributed by atoms with Crippen LogP contribution < -0.4 is 4.90 Å². The lowest BCUT2D eigenvalue weighted by molar-refractivity contribution is -0.384. The van der Waals surface area contributed by atoms with E-state index in [1.54, 1.807) is 23.9 Å². The fraction of sp³-hybridized carbons (Fsp3) is 0.333. The van der Waals surface area contributed by atoms with Crippen LogP contribution in [0.5, 0.6) is 0 Å². The van der Waals surface area contributed by atoms with Gasteiger partial charge in [-0.3, -0.25) is 10.1 Å². The van der Waals surface area contributed by atoms with Crippen molar-refractivity contribution >= 4 is 28.8 Å². The van der Waals surface area contributed by atoms with Gasteiger partial charge in [0.25, 0.3) is 5.69 Å². The molecule has 0 aliphatic carbocycles. The van der Waals surface area contributed by atoms with Gasteiger partial charge in [-0.1, -0.05) is 30.8 Å². The standard InChI is InChI=1S/C18H21N3O2S/c1-13(11-19(2)3)12-20-15-6-4-5-7-17(15)24-18-9-8-14(21(22)23)10-16(18)20/h4-10,13H,11-12H2,1-3H3. The van der Waals surface area contributed by atoms with Crippen LogP contribution >= 0.6 is 11.8 Å². The van der Waals surface area contributed by atoms with E-state index in [2.05, 4.69) is 43.0 Å². The van der Waals surface area contributed by atoms with E-state index in [-0.39, 0.29) is 10.6 Å². The molecule has 1 aliphatic rings.